The molecule has 0 bridgehead atoms. The highest BCUT2D eigenvalue weighted by Crippen LogP contribution is 1.77. The average Bonchev–Trinajstić information content (AvgIpc) is 1.80. The molecule has 0 aliphatic rings. The van der Waals surface area contributed by atoms with Crippen molar-refractivity contribution in [2.45, 2.75) is 21.8 Å². The highest BCUT2D eigenvalue weighted by molar-refractivity contribution is 4.82. The maximum atomic E-state index is 4.90. The predicted octanol–water partition coefficient (Wildman–Crippen LogP) is 1.96. The Labute approximate surface area is 70.4 Å². The summed E-state index contributed by atoms with van der Waals surface area (Å²) in [6.07, 6.45) is 0. The Balaban J connectivity index is -0.000000320. The molecule has 0 heterocycles. The molecule has 0 saturated carbocycles. The van der Waals surface area contributed by atoms with Gasteiger partial charge in [-0.3, -0.25) is 0 Å². The second-order valence-electron chi connectivity index (χ2n) is 1.71. The predicted molar refractivity (Wildman–Crippen MR) is 49.2 cm³/mol. The van der Waals surface area contributed by atoms with E-state index in [0.717, 1.165) is 5.70 Å². The van der Waals surface area contributed by atoms with E-state index >= 15 is 0 Å². The van der Waals surface area contributed by atoms with Crippen molar-refractivity contribution in [3.8, 4) is 0 Å². The summed E-state index contributed by atoms with van der Waals surface area (Å²) in [6, 6.07) is 0. The van der Waals surface area contributed by atoms with E-state index in [-0.39, 0.29) is 14.9 Å². The Morgan fingerprint density at radius 2 is 2.00 bits per heavy atom. The first-order valence-electron chi connectivity index (χ1n) is 2.73. The maximum absolute atomic E-state index is 4.90. The standard InChI is InChI=1S/C6H13NO2.2CH4/c1-6(2)7-4-9-5-8-3;;/h7H,1,4-5H2,2-3H3;2*1H4. The van der Waals surface area contributed by atoms with Gasteiger partial charge < -0.3 is 14.8 Å². The number of ether oxygens (including phenoxy) is 2. The molecule has 0 aromatic carbocycles. The molecule has 0 rings (SSSR count). The topological polar surface area (TPSA) is 30.5 Å². The molecule has 0 aliphatic carbocycles. The van der Waals surface area contributed by atoms with Crippen LogP contribution in [0.1, 0.15) is 21.8 Å². The number of methoxy groups -OCH3 is 1. The van der Waals surface area contributed by atoms with Crippen molar-refractivity contribution in [1.82, 2.24) is 5.32 Å². The molecule has 3 nitrogen and oxygen atoms in total. The van der Waals surface area contributed by atoms with Crippen molar-refractivity contribution in [3.05, 3.63) is 12.3 Å². The van der Waals surface area contributed by atoms with Crippen LogP contribution in [-0.2, 0) is 9.47 Å². The molecule has 0 aliphatic heterocycles. The van der Waals surface area contributed by atoms with Gasteiger partial charge in [0.25, 0.3) is 0 Å². The Bertz CT molecular complexity index is 84.2. The zero-order valence-corrected chi connectivity index (χ0v) is 5.94. The summed E-state index contributed by atoms with van der Waals surface area (Å²) in [5, 5.41) is 2.88. The van der Waals surface area contributed by atoms with Crippen LogP contribution < -0.4 is 5.32 Å². The molecule has 0 fully saturated rings. The molecule has 3 heteroatoms. The molecule has 0 aromatic heterocycles. The van der Waals surface area contributed by atoms with Crippen molar-refractivity contribution in [1.29, 1.82) is 0 Å². The van der Waals surface area contributed by atoms with E-state index < -0.39 is 0 Å². The van der Waals surface area contributed by atoms with Gasteiger partial charge in [0.05, 0.1) is 0 Å². The third kappa shape index (κ3) is 17.7. The smallest absolute Gasteiger partial charge is 0.148 e. The van der Waals surface area contributed by atoms with Crippen molar-refractivity contribution < 1.29 is 9.47 Å². The Morgan fingerprint density at radius 3 is 2.36 bits per heavy atom. The lowest BCUT2D eigenvalue weighted by atomic mass is 10.6. The lowest BCUT2D eigenvalue weighted by Crippen LogP contribution is -2.15. The Morgan fingerprint density at radius 1 is 1.45 bits per heavy atom. The molecular formula is C8H21NO2. The summed E-state index contributed by atoms with van der Waals surface area (Å²) >= 11 is 0. The van der Waals surface area contributed by atoms with Gasteiger partial charge in [0.15, 0.2) is 0 Å². The monoisotopic (exact) mass is 163 g/mol. The number of hydrogen-bond donors (Lipinski definition) is 1. The van der Waals surface area contributed by atoms with E-state index in [2.05, 4.69) is 16.6 Å². The molecule has 11 heavy (non-hydrogen) atoms. The van der Waals surface area contributed by atoms with Gasteiger partial charge in [0.1, 0.15) is 13.5 Å². The zero-order chi connectivity index (χ0) is 7.11. The largest absolute Gasteiger partial charge is 0.367 e. The average molecular weight is 163 g/mol. The van der Waals surface area contributed by atoms with E-state index in [0.29, 0.717) is 13.5 Å². The third-order valence-corrected chi connectivity index (χ3v) is 0.677. The van der Waals surface area contributed by atoms with Gasteiger partial charge in [-0.25, -0.2) is 0 Å². The van der Waals surface area contributed by atoms with Crippen LogP contribution in [0.3, 0.4) is 0 Å². The zero-order valence-electron chi connectivity index (χ0n) is 5.94. The minimum Gasteiger partial charge on any atom is -0.367 e. The maximum Gasteiger partial charge on any atom is 0.148 e. The SMILES string of the molecule is C.C.C=C(C)NCOCOC. The summed E-state index contributed by atoms with van der Waals surface area (Å²) in [5.74, 6) is 0. The quantitative estimate of drug-likeness (QED) is 0.496. The minimum atomic E-state index is 0. The molecule has 0 radical (unpaired) electrons. The summed E-state index contributed by atoms with van der Waals surface area (Å²) in [4.78, 5) is 0. The fraction of sp³-hybridized carbons (Fsp3) is 0.750. The van der Waals surface area contributed by atoms with Crippen LogP contribution in [0.4, 0.5) is 0 Å². The van der Waals surface area contributed by atoms with Crippen LogP contribution in [0, 0.1) is 0 Å². The van der Waals surface area contributed by atoms with Crippen LogP contribution >= 0.6 is 0 Å². The molecule has 0 amide bonds. The van der Waals surface area contributed by atoms with Gasteiger partial charge in [0, 0.05) is 12.8 Å². The second-order valence-corrected chi connectivity index (χ2v) is 1.71. The number of hydrogen-bond acceptors (Lipinski definition) is 3. The summed E-state index contributed by atoms with van der Waals surface area (Å²) in [7, 11) is 1.58. The molecule has 0 saturated heterocycles. The van der Waals surface area contributed by atoms with E-state index in [9.17, 15) is 0 Å². The molecule has 0 spiro atoms. The first-order valence-corrected chi connectivity index (χ1v) is 2.73. The minimum absolute atomic E-state index is 0. The van der Waals surface area contributed by atoms with E-state index in [1.54, 1.807) is 7.11 Å². The summed E-state index contributed by atoms with van der Waals surface area (Å²) < 4.78 is 9.53. The lowest BCUT2D eigenvalue weighted by Gasteiger charge is -2.04. The van der Waals surface area contributed by atoms with Crippen LogP contribution in [-0.4, -0.2) is 20.6 Å². The van der Waals surface area contributed by atoms with Crippen LogP contribution in [0.25, 0.3) is 0 Å². The molecule has 1 N–H and O–H groups in total. The Hall–Kier alpha value is -0.540. The van der Waals surface area contributed by atoms with Gasteiger partial charge in [-0.15, -0.1) is 0 Å². The second kappa shape index (κ2) is 12.2. The normalized spacial score (nSPS) is 7.45. The van der Waals surface area contributed by atoms with Crippen molar-refractivity contribution in [3.63, 3.8) is 0 Å². The van der Waals surface area contributed by atoms with Crippen molar-refractivity contribution in [2.75, 3.05) is 20.6 Å². The van der Waals surface area contributed by atoms with Gasteiger partial charge in [-0.2, -0.15) is 0 Å². The van der Waals surface area contributed by atoms with Crippen LogP contribution in [0.15, 0.2) is 12.3 Å². The van der Waals surface area contributed by atoms with Gasteiger partial charge in [-0.05, 0) is 6.92 Å². The van der Waals surface area contributed by atoms with Gasteiger partial charge in [0.2, 0.25) is 0 Å². The molecular weight excluding hydrogens is 142 g/mol. The molecule has 0 atom stereocenters. The highest BCUT2D eigenvalue weighted by Gasteiger charge is 1.82. The number of allylic oxidation sites excluding steroid dienone is 1. The van der Waals surface area contributed by atoms with Crippen LogP contribution in [0.5, 0.6) is 0 Å². The van der Waals surface area contributed by atoms with Crippen molar-refractivity contribution >= 4 is 0 Å². The van der Waals surface area contributed by atoms with E-state index in [4.69, 9.17) is 4.74 Å². The first kappa shape index (κ1) is 16.8. The summed E-state index contributed by atoms with van der Waals surface area (Å²) in [5.41, 5.74) is 0.895. The van der Waals surface area contributed by atoms with Gasteiger partial charge in [-0.1, -0.05) is 21.4 Å². The summed E-state index contributed by atoms with van der Waals surface area (Å²) in [6.45, 7) is 6.27. The number of nitrogens with one attached hydrogen (secondary N) is 1. The highest BCUT2D eigenvalue weighted by atomic mass is 16.7. The third-order valence-electron chi connectivity index (χ3n) is 0.677. The van der Waals surface area contributed by atoms with Gasteiger partial charge >= 0.3 is 0 Å². The molecule has 0 unspecified atom stereocenters. The van der Waals surface area contributed by atoms with E-state index in [1.807, 2.05) is 6.92 Å². The fourth-order valence-electron chi connectivity index (χ4n) is 0.299. The van der Waals surface area contributed by atoms with E-state index in [1.165, 1.54) is 0 Å². The number of rotatable bonds is 5. The fourth-order valence-corrected chi connectivity index (χ4v) is 0.299. The molecule has 70 valence electrons. The van der Waals surface area contributed by atoms with Crippen molar-refractivity contribution in [2.24, 2.45) is 0 Å². The first-order chi connectivity index (χ1) is 4.27. The molecule has 0 aromatic rings. The Kier molecular flexibility index (Phi) is 18.6. The lowest BCUT2D eigenvalue weighted by molar-refractivity contribution is -0.0348. The van der Waals surface area contributed by atoms with Crippen LogP contribution in [0.2, 0.25) is 0 Å².